The van der Waals surface area contributed by atoms with Gasteiger partial charge in [-0.25, -0.2) is 0 Å². The lowest BCUT2D eigenvalue weighted by Crippen LogP contribution is -2.40. The molecule has 1 saturated heterocycles. The summed E-state index contributed by atoms with van der Waals surface area (Å²) in [7, 11) is 0. The number of morpholine rings is 1. The molecule has 0 aromatic heterocycles. The average Bonchev–Trinajstić information content (AvgIpc) is 2.44. The third-order valence-corrected chi connectivity index (χ3v) is 3.31. The first kappa shape index (κ1) is 15.3. The third-order valence-electron chi connectivity index (χ3n) is 3.31. The summed E-state index contributed by atoms with van der Waals surface area (Å²) in [5, 5.41) is 3.49. The van der Waals surface area contributed by atoms with Crippen molar-refractivity contribution in [1.29, 1.82) is 0 Å². The average molecular weight is 278 g/mol. The number of hydrogen-bond acceptors (Lipinski definition) is 4. The Morgan fingerprint density at radius 3 is 2.85 bits per heavy atom. The highest BCUT2D eigenvalue weighted by Gasteiger charge is 2.08. The number of rotatable bonds is 7. The van der Waals surface area contributed by atoms with Crippen LogP contribution in [0.15, 0.2) is 24.3 Å². The van der Waals surface area contributed by atoms with E-state index in [2.05, 4.69) is 28.4 Å². The van der Waals surface area contributed by atoms with Crippen LogP contribution in [0.1, 0.15) is 19.4 Å². The predicted molar refractivity (Wildman–Crippen MR) is 81.2 cm³/mol. The van der Waals surface area contributed by atoms with Crippen molar-refractivity contribution >= 4 is 0 Å². The molecule has 0 saturated carbocycles. The van der Waals surface area contributed by atoms with Crippen molar-refractivity contribution in [2.75, 3.05) is 39.4 Å². The molecular weight excluding hydrogens is 252 g/mol. The van der Waals surface area contributed by atoms with Gasteiger partial charge in [0.1, 0.15) is 5.75 Å². The molecule has 1 aromatic carbocycles. The smallest absolute Gasteiger partial charge is 0.120 e. The molecule has 0 bridgehead atoms. The Labute approximate surface area is 122 Å². The summed E-state index contributed by atoms with van der Waals surface area (Å²) < 4.78 is 11.1. The standard InChI is InChI=1S/C16H26N2O2/c1-14(2)20-16-5-3-4-15(12-16)13-17-6-7-18-8-10-19-11-9-18/h3-5,12,14,17H,6-11,13H2,1-2H3. The molecule has 4 nitrogen and oxygen atoms in total. The lowest BCUT2D eigenvalue weighted by Gasteiger charge is -2.26. The molecule has 112 valence electrons. The molecule has 1 aliphatic heterocycles. The number of nitrogens with zero attached hydrogens (tertiary/aromatic N) is 1. The van der Waals surface area contributed by atoms with E-state index in [1.165, 1.54) is 5.56 Å². The second kappa shape index (κ2) is 8.25. The van der Waals surface area contributed by atoms with E-state index >= 15 is 0 Å². The predicted octanol–water partition coefficient (Wildman–Crippen LogP) is 1.90. The van der Waals surface area contributed by atoms with Gasteiger partial charge in [-0.3, -0.25) is 4.90 Å². The number of ether oxygens (including phenoxy) is 2. The second-order valence-corrected chi connectivity index (χ2v) is 5.44. The molecule has 0 atom stereocenters. The molecule has 0 aliphatic carbocycles. The molecular formula is C16H26N2O2. The van der Waals surface area contributed by atoms with Crippen LogP contribution in [0.5, 0.6) is 5.75 Å². The minimum atomic E-state index is 0.222. The number of hydrogen-bond donors (Lipinski definition) is 1. The van der Waals surface area contributed by atoms with Gasteiger partial charge in [-0.15, -0.1) is 0 Å². The van der Waals surface area contributed by atoms with Crippen LogP contribution in [-0.2, 0) is 11.3 Å². The van der Waals surface area contributed by atoms with Crippen LogP contribution >= 0.6 is 0 Å². The Kier molecular flexibility index (Phi) is 6.30. The maximum Gasteiger partial charge on any atom is 0.120 e. The fourth-order valence-corrected chi connectivity index (χ4v) is 2.30. The molecule has 1 fully saturated rings. The van der Waals surface area contributed by atoms with E-state index in [1.807, 2.05) is 19.9 Å². The van der Waals surface area contributed by atoms with Crippen LogP contribution in [-0.4, -0.2) is 50.4 Å². The van der Waals surface area contributed by atoms with Crippen molar-refractivity contribution in [3.63, 3.8) is 0 Å². The van der Waals surface area contributed by atoms with E-state index in [0.717, 1.165) is 51.7 Å². The van der Waals surface area contributed by atoms with Gasteiger partial charge >= 0.3 is 0 Å². The summed E-state index contributed by atoms with van der Waals surface area (Å²) in [6.45, 7) is 10.9. The van der Waals surface area contributed by atoms with Crippen molar-refractivity contribution < 1.29 is 9.47 Å². The van der Waals surface area contributed by atoms with Crippen LogP contribution in [0.3, 0.4) is 0 Å². The Morgan fingerprint density at radius 2 is 2.10 bits per heavy atom. The summed E-state index contributed by atoms with van der Waals surface area (Å²) in [5.74, 6) is 0.951. The Morgan fingerprint density at radius 1 is 1.30 bits per heavy atom. The maximum absolute atomic E-state index is 5.71. The zero-order chi connectivity index (χ0) is 14.2. The van der Waals surface area contributed by atoms with E-state index in [1.54, 1.807) is 0 Å². The fraction of sp³-hybridized carbons (Fsp3) is 0.625. The molecule has 4 heteroatoms. The van der Waals surface area contributed by atoms with Crippen LogP contribution in [0.2, 0.25) is 0 Å². The van der Waals surface area contributed by atoms with Gasteiger partial charge in [-0.2, -0.15) is 0 Å². The van der Waals surface area contributed by atoms with Crippen molar-refractivity contribution in [3.8, 4) is 5.75 Å². The molecule has 0 unspecified atom stereocenters. The molecule has 1 N–H and O–H groups in total. The highest BCUT2D eigenvalue weighted by Crippen LogP contribution is 2.14. The molecule has 1 heterocycles. The first-order valence-electron chi connectivity index (χ1n) is 7.50. The summed E-state index contributed by atoms with van der Waals surface area (Å²) >= 11 is 0. The van der Waals surface area contributed by atoms with Gasteiger partial charge in [0.2, 0.25) is 0 Å². The quantitative estimate of drug-likeness (QED) is 0.772. The van der Waals surface area contributed by atoms with Crippen LogP contribution in [0.4, 0.5) is 0 Å². The van der Waals surface area contributed by atoms with E-state index in [4.69, 9.17) is 9.47 Å². The number of nitrogens with one attached hydrogen (secondary N) is 1. The second-order valence-electron chi connectivity index (χ2n) is 5.44. The van der Waals surface area contributed by atoms with E-state index in [0.29, 0.717) is 0 Å². The molecule has 2 rings (SSSR count). The van der Waals surface area contributed by atoms with Crippen LogP contribution < -0.4 is 10.1 Å². The van der Waals surface area contributed by atoms with Gasteiger partial charge in [0.15, 0.2) is 0 Å². The molecule has 0 radical (unpaired) electrons. The van der Waals surface area contributed by atoms with Gasteiger partial charge in [0.25, 0.3) is 0 Å². The Balaban J connectivity index is 1.68. The Hall–Kier alpha value is -1.10. The van der Waals surface area contributed by atoms with Gasteiger partial charge in [-0.1, -0.05) is 12.1 Å². The van der Waals surface area contributed by atoms with Crippen LogP contribution in [0, 0.1) is 0 Å². The van der Waals surface area contributed by atoms with Crippen molar-refractivity contribution in [2.45, 2.75) is 26.5 Å². The SMILES string of the molecule is CC(C)Oc1cccc(CNCCN2CCOCC2)c1. The first-order chi connectivity index (χ1) is 9.74. The fourth-order valence-electron chi connectivity index (χ4n) is 2.30. The minimum absolute atomic E-state index is 0.222. The molecule has 1 aromatic rings. The third kappa shape index (κ3) is 5.49. The highest BCUT2D eigenvalue weighted by atomic mass is 16.5. The van der Waals surface area contributed by atoms with Gasteiger partial charge in [0.05, 0.1) is 19.3 Å². The summed E-state index contributed by atoms with van der Waals surface area (Å²) in [4.78, 5) is 2.44. The van der Waals surface area contributed by atoms with E-state index in [9.17, 15) is 0 Å². The zero-order valence-electron chi connectivity index (χ0n) is 12.6. The lowest BCUT2D eigenvalue weighted by molar-refractivity contribution is 0.0384. The Bertz CT molecular complexity index is 390. The van der Waals surface area contributed by atoms with Crippen molar-refractivity contribution in [3.05, 3.63) is 29.8 Å². The van der Waals surface area contributed by atoms with Gasteiger partial charge < -0.3 is 14.8 Å². The van der Waals surface area contributed by atoms with Gasteiger partial charge in [-0.05, 0) is 31.5 Å². The molecule has 0 amide bonds. The summed E-state index contributed by atoms with van der Waals surface area (Å²) in [5.41, 5.74) is 1.27. The highest BCUT2D eigenvalue weighted by molar-refractivity contribution is 5.28. The monoisotopic (exact) mass is 278 g/mol. The topological polar surface area (TPSA) is 33.7 Å². The van der Waals surface area contributed by atoms with Gasteiger partial charge in [0, 0.05) is 32.7 Å². The maximum atomic E-state index is 5.71. The number of benzene rings is 1. The van der Waals surface area contributed by atoms with Crippen molar-refractivity contribution in [2.24, 2.45) is 0 Å². The molecule has 1 aliphatic rings. The van der Waals surface area contributed by atoms with E-state index in [-0.39, 0.29) is 6.10 Å². The zero-order valence-corrected chi connectivity index (χ0v) is 12.6. The molecule has 20 heavy (non-hydrogen) atoms. The summed E-state index contributed by atoms with van der Waals surface area (Å²) in [6, 6.07) is 8.31. The molecule has 0 spiro atoms. The van der Waals surface area contributed by atoms with Crippen molar-refractivity contribution in [1.82, 2.24) is 10.2 Å². The largest absolute Gasteiger partial charge is 0.491 e. The van der Waals surface area contributed by atoms with E-state index < -0.39 is 0 Å². The van der Waals surface area contributed by atoms with Crippen LogP contribution in [0.25, 0.3) is 0 Å². The lowest BCUT2D eigenvalue weighted by atomic mass is 10.2. The normalized spacial score (nSPS) is 16.6. The minimum Gasteiger partial charge on any atom is -0.491 e. The summed E-state index contributed by atoms with van der Waals surface area (Å²) in [6.07, 6.45) is 0.222. The first-order valence-corrected chi connectivity index (χ1v) is 7.50.